The lowest BCUT2D eigenvalue weighted by atomic mass is 10.0. The van der Waals surface area contributed by atoms with Crippen molar-refractivity contribution in [2.75, 3.05) is 6.61 Å². The number of furan rings is 1. The first-order valence-electron chi connectivity index (χ1n) is 9.55. The molecule has 3 aromatic rings. The van der Waals surface area contributed by atoms with Gasteiger partial charge in [-0.3, -0.25) is 9.36 Å². The lowest BCUT2D eigenvalue weighted by Gasteiger charge is -2.22. The number of carbonyl (C=O) groups excluding carboxylic acids is 1. The summed E-state index contributed by atoms with van der Waals surface area (Å²) in [5.41, 5.74) is 1.63. The van der Waals surface area contributed by atoms with Crippen LogP contribution in [0.25, 0.3) is 12.2 Å². The summed E-state index contributed by atoms with van der Waals surface area (Å²) in [5.74, 6) is -0.0155. The molecule has 6 nitrogen and oxygen atoms in total. The highest BCUT2D eigenvalue weighted by Crippen LogP contribution is 2.30. The maximum atomic E-state index is 13.2. The summed E-state index contributed by atoms with van der Waals surface area (Å²) in [6, 6.07) is 12.6. The number of hydrogen-bond donors (Lipinski definition) is 0. The fourth-order valence-electron chi connectivity index (χ4n) is 3.33. The van der Waals surface area contributed by atoms with Gasteiger partial charge in [0.1, 0.15) is 11.8 Å². The fraction of sp³-hybridized carbons (Fsp3) is 0.174. The van der Waals surface area contributed by atoms with Crippen LogP contribution in [0.1, 0.15) is 31.2 Å². The van der Waals surface area contributed by atoms with E-state index >= 15 is 0 Å². The monoisotopic (exact) mass is 420 g/mol. The molecule has 1 aliphatic heterocycles. The Hall–Kier alpha value is -3.45. The number of nitrogens with zero attached hydrogens (tertiary/aromatic N) is 2. The molecule has 1 aliphatic rings. The Bertz CT molecular complexity index is 1300. The molecule has 7 heteroatoms. The molecule has 1 aromatic carbocycles. The SMILES string of the molecule is CCOC(=O)C1=C(C)N=c2s/c(=C\C=C/c3ccccc3)c(=O)n2[C@H]1c1ccco1. The number of rotatable bonds is 5. The van der Waals surface area contributed by atoms with Crippen LogP contribution in [0.2, 0.25) is 0 Å². The molecule has 2 aromatic heterocycles. The summed E-state index contributed by atoms with van der Waals surface area (Å²) in [5, 5.41) is 0. The second-order valence-electron chi connectivity index (χ2n) is 6.61. The zero-order valence-corrected chi connectivity index (χ0v) is 17.4. The van der Waals surface area contributed by atoms with Crippen LogP contribution in [0.5, 0.6) is 0 Å². The van der Waals surface area contributed by atoms with Gasteiger partial charge in [-0.15, -0.1) is 0 Å². The standard InChI is InChI=1S/C23H20N2O4S/c1-3-28-22(27)19-15(2)24-23-25(20(19)17-12-8-14-29-17)21(26)18(30-23)13-7-11-16-9-5-4-6-10-16/h4-14,20H,3H2,1-2H3/b11-7-,18-13-/t20-/m0/s1. The van der Waals surface area contributed by atoms with Gasteiger partial charge in [-0.05, 0) is 37.6 Å². The third-order valence-electron chi connectivity index (χ3n) is 4.67. The van der Waals surface area contributed by atoms with E-state index in [2.05, 4.69) is 4.99 Å². The first-order valence-corrected chi connectivity index (χ1v) is 10.4. The molecule has 0 radical (unpaired) electrons. The number of thiazole rings is 1. The fourth-order valence-corrected chi connectivity index (χ4v) is 4.33. The minimum Gasteiger partial charge on any atom is -0.467 e. The Kier molecular flexibility index (Phi) is 5.63. The van der Waals surface area contributed by atoms with Crippen molar-refractivity contribution < 1.29 is 13.9 Å². The predicted octanol–water partition coefficient (Wildman–Crippen LogP) is 3.06. The molecule has 0 unspecified atom stereocenters. The Balaban J connectivity index is 1.83. The highest BCUT2D eigenvalue weighted by atomic mass is 32.1. The van der Waals surface area contributed by atoms with Gasteiger partial charge >= 0.3 is 5.97 Å². The van der Waals surface area contributed by atoms with Crippen LogP contribution in [0.3, 0.4) is 0 Å². The largest absolute Gasteiger partial charge is 0.467 e. The van der Waals surface area contributed by atoms with Crippen LogP contribution in [-0.2, 0) is 9.53 Å². The third-order valence-corrected chi connectivity index (χ3v) is 5.67. The molecule has 0 saturated carbocycles. The Morgan fingerprint density at radius 1 is 1.27 bits per heavy atom. The van der Waals surface area contributed by atoms with Gasteiger partial charge in [0.25, 0.3) is 5.56 Å². The molecule has 0 aliphatic carbocycles. The van der Waals surface area contributed by atoms with Crippen LogP contribution in [0.4, 0.5) is 0 Å². The average molecular weight is 420 g/mol. The van der Waals surface area contributed by atoms with E-state index in [9.17, 15) is 9.59 Å². The zero-order chi connectivity index (χ0) is 21.1. The van der Waals surface area contributed by atoms with E-state index < -0.39 is 12.0 Å². The number of allylic oxidation sites excluding steroid dienone is 2. The molecule has 0 N–H and O–H groups in total. The van der Waals surface area contributed by atoms with Crippen molar-refractivity contribution >= 4 is 29.5 Å². The molecule has 1 atom stereocenters. The van der Waals surface area contributed by atoms with E-state index in [1.165, 1.54) is 22.2 Å². The lowest BCUT2D eigenvalue weighted by molar-refractivity contribution is -0.139. The van der Waals surface area contributed by atoms with E-state index in [1.54, 1.807) is 32.1 Å². The second-order valence-corrected chi connectivity index (χ2v) is 7.62. The third kappa shape index (κ3) is 3.71. The van der Waals surface area contributed by atoms with Gasteiger partial charge in [-0.25, -0.2) is 9.79 Å². The first kappa shape index (κ1) is 19.8. The molecule has 4 rings (SSSR count). The minimum atomic E-state index is -0.712. The van der Waals surface area contributed by atoms with E-state index in [-0.39, 0.29) is 12.2 Å². The predicted molar refractivity (Wildman–Crippen MR) is 115 cm³/mol. The molecule has 0 amide bonds. The Labute approximate surface area is 176 Å². The van der Waals surface area contributed by atoms with Crippen LogP contribution in [0, 0.1) is 0 Å². The first-order chi connectivity index (χ1) is 14.6. The van der Waals surface area contributed by atoms with E-state index in [1.807, 2.05) is 42.5 Å². The quantitative estimate of drug-likeness (QED) is 0.595. The van der Waals surface area contributed by atoms with Crippen LogP contribution >= 0.6 is 11.3 Å². The minimum absolute atomic E-state index is 0.229. The summed E-state index contributed by atoms with van der Waals surface area (Å²) in [6.45, 7) is 3.72. The molecule has 0 spiro atoms. The van der Waals surface area contributed by atoms with Crippen LogP contribution in [-0.4, -0.2) is 17.1 Å². The van der Waals surface area contributed by atoms with Crippen molar-refractivity contribution in [2.24, 2.45) is 4.99 Å². The van der Waals surface area contributed by atoms with Crippen molar-refractivity contribution in [1.82, 2.24) is 4.57 Å². The zero-order valence-electron chi connectivity index (χ0n) is 16.6. The van der Waals surface area contributed by atoms with Gasteiger partial charge in [0.05, 0.1) is 28.7 Å². The lowest BCUT2D eigenvalue weighted by Crippen LogP contribution is -2.39. The number of benzene rings is 1. The summed E-state index contributed by atoms with van der Waals surface area (Å²) in [4.78, 5) is 30.9. The normalized spacial score (nSPS) is 16.6. The topological polar surface area (TPSA) is 73.8 Å². The molecule has 3 heterocycles. The highest BCUT2D eigenvalue weighted by Gasteiger charge is 2.34. The van der Waals surface area contributed by atoms with Gasteiger partial charge < -0.3 is 9.15 Å². The molecule has 0 saturated heterocycles. The highest BCUT2D eigenvalue weighted by molar-refractivity contribution is 7.07. The van der Waals surface area contributed by atoms with E-state index in [4.69, 9.17) is 9.15 Å². The maximum absolute atomic E-state index is 13.2. The second kappa shape index (κ2) is 8.51. The number of carbonyl (C=O) groups is 1. The van der Waals surface area contributed by atoms with Gasteiger partial charge in [0.15, 0.2) is 4.80 Å². The van der Waals surface area contributed by atoms with Gasteiger partial charge in [0.2, 0.25) is 0 Å². The van der Waals surface area contributed by atoms with Crippen molar-refractivity contribution in [3.63, 3.8) is 0 Å². The summed E-state index contributed by atoms with van der Waals surface area (Å²) in [7, 11) is 0. The van der Waals surface area contributed by atoms with E-state index in [0.717, 1.165) is 5.56 Å². The molecule has 0 fully saturated rings. The number of ether oxygens (including phenoxy) is 1. The average Bonchev–Trinajstić information content (AvgIpc) is 3.37. The van der Waals surface area contributed by atoms with Crippen molar-refractivity contribution in [1.29, 1.82) is 0 Å². The molecule has 152 valence electrons. The molecular formula is C23H20N2O4S. The van der Waals surface area contributed by atoms with E-state index in [0.29, 0.717) is 26.4 Å². The Morgan fingerprint density at radius 2 is 2.07 bits per heavy atom. The van der Waals surface area contributed by atoms with Gasteiger partial charge in [0, 0.05) is 0 Å². The smallest absolute Gasteiger partial charge is 0.338 e. The number of esters is 1. The summed E-state index contributed by atoms with van der Waals surface area (Å²) < 4.78 is 12.8. The van der Waals surface area contributed by atoms with Crippen molar-refractivity contribution in [3.05, 3.63) is 97.1 Å². The van der Waals surface area contributed by atoms with Crippen LogP contribution < -0.4 is 14.9 Å². The maximum Gasteiger partial charge on any atom is 0.338 e. The van der Waals surface area contributed by atoms with Crippen molar-refractivity contribution in [3.8, 4) is 0 Å². The summed E-state index contributed by atoms with van der Waals surface area (Å²) >= 11 is 1.28. The Morgan fingerprint density at radius 3 is 2.77 bits per heavy atom. The molecule has 0 bridgehead atoms. The number of hydrogen-bond acceptors (Lipinski definition) is 6. The van der Waals surface area contributed by atoms with Crippen LogP contribution in [0.15, 0.2) is 80.3 Å². The van der Waals surface area contributed by atoms with Crippen molar-refractivity contribution in [2.45, 2.75) is 19.9 Å². The number of fused-ring (bicyclic) bond motifs is 1. The number of aromatic nitrogens is 1. The van der Waals surface area contributed by atoms with Gasteiger partial charge in [-0.1, -0.05) is 53.8 Å². The van der Waals surface area contributed by atoms with Gasteiger partial charge in [-0.2, -0.15) is 0 Å². The summed E-state index contributed by atoms with van der Waals surface area (Å²) in [6.07, 6.45) is 7.05. The molecule has 30 heavy (non-hydrogen) atoms. The molecular weight excluding hydrogens is 400 g/mol.